The first-order chi connectivity index (χ1) is 12.0. The Bertz CT molecular complexity index is 670. The average Bonchev–Trinajstić information content (AvgIpc) is 2.99. The third-order valence-electron chi connectivity index (χ3n) is 5.52. The van der Waals surface area contributed by atoms with Crippen molar-refractivity contribution >= 4 is 12.0 Å². The molecule has 0 aromatic carbocycles. The monoisotopic (exact) mass is 347 g/mol. The normalized spacial score (nSPS) is 26.0. The molecule has 1 saturated carbocycles. The first kappa shape index (κ1) is 16.4. The zero-order valence-electron chi connectivity index (χ0n) is 14.5. The van der Waals surface area contributed by atoms with Crippen LogP contribution in [0.1, 0.15) is 35.8 Å². The molecule has 8 nitrogen and oxygen atoms in total. The van der Waals surface area contributed by atoms with Gasteiger partial charge in [-0.2, -0.15) is 5.10 Å². The number of carbonyl (C=O) groups is 2. The maximum Gasteiger partial charge on any atom is 0.407 e. The SMILES string of the molecule is CCn1cc(CN2CC3CN(C(=O)O)CC3C2)c(C(=O)NC2CC2)n1. The van der Waals surface area contributed by atoms with E-state index < -0.39 is 6.09 Å². The number of hydrogen-bond acceptors (Lipinski definition) is 4. The second kappa shape index (κ2) is 6.33. The zero-order valence-corrected chi connectivity index (χ0v) is 14.5. The molecule has 3 aliphatic rings. The van der Waals surface area contributed by atoms with Gasteiger partial charge in [0.15, 0.2) is 5.69 Å². The van der Waals surface area contributed by atoms with E-state index in [1.54, 1.807) is 0 Å². The van der Waals surface area contributed by atoms with Crippen LogP contribution in [0.2, 0.25) is 0 Å². The van der Waals surface area contributed by atoms with Crippen molar-refractivity contribution in [2.75, 3.05) is 26.2 Å². The van der Waals surface area contributed by atoms with Crippen molar-refractivity contribution in [3.05, 3.63) is 17.5 Å². The first-order valence-electron chi connectivity index (χ1n) is 9.11. The number of aromatic nitrogens is 2. The number of nitrogens with one attached hydrogen (secondary N) is 1. The van der Waals surface area contributed by atoms with Gasteiger partial charge in [0.1, 0.15) is 0 Å². The van der Waals surface area contributed by atoms with Crippen molar-refractivity contribution in [2.45, 2.75) is 38.9 Å². The second-order valence-corrected chi connectivity index (χ2v) is 7.51. The third kappa shape index (κ3) is 3.35. The van der Waals surface area contributed by atoms with Crippen molar-refractivity contribution in [1.29, 1.82) is 0 Å². The lowest BCUT2D eigenvalue weighted by atomic mass is 10.0. The van der Waals surface area contributed by atoms with E-state index in [1.807, 2.05) is 17.8 Å². The third-order valence-corrected chi connectivity index (χ3v) is 5.52. The van der Waals surface area contributed by atoms with Crippen molar-refractivity contribution in [1.82, 2.24) is 24.9 Å². The summed E-state index contributed by atoms with van der Waals surface area (Å²) in [5.74, 6) is 0.739. The van der Waals surface area contributed by atoms with E-state index in [2.05, 4.69) is 15.3 Å². The Morgan fingerprint density at radius 3 is 2.48 bits per heavy atom. The molecule has 0 spiro atoms. The predicted molar refractivity (Wildman–Crippen MR) is 90.2 cm³/mol. The van der Waals surface area contributed by atoms with Gasteiger partial charge in [0, 0.05) is 57.1 Å². The summed E-state index contributed by atoms with van der Waals surface area (Å²) >= 11 is 0. The van der Waals surface area contributed by atoms with Crippen LogP contribution in [-0.4, -0.2) is 68.9 Å². The van der Waals surface area contributed by atoms with Gasteiger partial charge in [0.2, 0.25) is 0 Å². The molecule has 4 rings (SSSR count). The Hall–Kier alpha value is -2.09. The molecule has 2 amide bonds. The highest BCUT2D eigenvalue weighted by atomic mass is 16.4. The molecule has 1 aromatic heterocycles. The van der Waals surface area contributed by atoms with Gasteiger partial charge >= 0.3 is 6.09 Å². The lowest BCUT2D eigenvalue weighted by Gasteiger charge is -2.19. The number of nitrogens with zero attached hydrogens (tertiary/aromatic N) is 4. The van der Waals surface area contributed by atoms with Gasteiger partial charge in [-0.05, 0) is 31.6 Å². The number of hydrogen-bond donors (Lipinski definition) is 2. The van der Waals surface area contributed by atoms with Gasteiger partial charge in [0.25, 0.3) is 5.91 Å². The van der Waals surface area contributed by atoms with E-state index in [0.29, 0.717) is 43.2 Å². The molecule has 1 aromatic rings. The molecule has 2 unspecified atom stereocenters. The Kier molecular flexibility index (Phi) is 4.15. The smallest absolute Gasteiger partial charge is 0.407 e. The number of carbonyl (C=O) groups excluding carboxylic acids is 1. The van der Waals surface area contributed by atoms with Gasteiger partial charge in [0.05, 0.1) is 0 Å². The Morgan fingerprint density at radius 1 is 1.24 bits per heavy atom. The second-order valence-electron chi connectivity index (χ2n) is 7.51. The molecule has 2 saturated heterocycles. The summed E-state index contributed by atoms with van der Waals surface area (Å²) in [4.78, 5) is 27.4. The predicted octanol–water partition coefficient (Wildman–Crippen LogP) is 0.837. The number of carboxylic acid groups (broad SMARTS) is 1. The van der Waals surface area contributed by atoms with E-state index in [1.165, 1.54) is 4.90 Å². The lowest BCUT2D eigenvalue weighted by molar-refractivity contribution is 0.0943. The summed E-state index contributed by atoms with van der Waals surface area (Å²) < 4.78 is 1.82. The summed E-state index contributed by atoms with van der Waals surface area (Å²) in [6.45, 7) is 6.47. The number of fused-ring (bicyclic) bond motifs is 1. The summed E-state index contributed by atoms with van der Waals surface area (Å²) in [7, 11) is 0. The maximum atomic E-state index is 12.5. The number of aryl methyl sites for hydroxylation is 1. The Morgan fingerprint density at radius 2 is 1.92 bits per heavy atom. The quantitative estimate of drug-likeness (QED) is 0.824. The summed E-state index contributed by atoms with van der Waals surface area (Å²) in [6, 6.07) is 0.320. The molecule has 0 radical (unpaired) electrons. The summed E-state index contributed by atoms with van der Waals surface area (Å²) in [6.07, 6.45) is 3.28. The van der Waals surface area contributed by atoms with Crippen LogP contribution in [0.25, 0.3) is 0 Å². The van der Waals surface area contributed by atoms with Crippen LogP contribution >= 0.6 is 0 Å². The molecule has 1 aliphatic carbocycles. The molecular weight excluding hydrogens is 322 g/mol. The van der Waals surface area contributed by atoms with Gasteiger partial charge in [-0.3, -0.25) is 14.4 Å². The fourth-order valence-corrected chi connectivity index (χ4v) is 4.03. The standard InChI is InChI=1S/C17H25N5O3/c1-2-22-10-13(15(19-22)16(23)18-14-3-4-14)7-20-5-11-8-21(17(24)25)9-12(11)6-20/h10-12,14H,2-9H2,1H3,(H,18,23)(H,24,25). The van der Waals surface area contributed by atoms with Crippen LogP contribution in [0, 0.1) is 11.8 Å². The highest BCUT2D eigenvalue weighted by Gasteiger charge is 2.41. The number of amides is 2. The first-order valence-corrected chi connectivity index (χ1v) is 9.11. The van der Waals surface area contributed by atoms with Gasteiger partial charge in [-0.15, -0.1) is 0 Å². The van der Waals surface area contributed by atoms with Crippen molar-refractivity contribution in [3.63, 3.8) is 0 Å². The zero-order chi connectivity index (χ0) is 17.6. The minimum Gasteiger partial charge on any atom is -0.465 e. The van der Waals surface area contributed by atoms with E-state index in [4.69, 9.17) is 5.11 Å². The van der Waals surface area contributed by atoms with E-state index >= 15 is 0 Å². The minimum atomic E-state index is -0.816. The molecule has 25 heavy (non-hydrogen) atoms. The van der Waals surface area contributed by atoms with Crippen LogP contribution in [0.5, 0.6) is 0 Å². The van der Waals surface area contributed by atoms with Crippen LogP contribution in [-0.2, 0) is 13.1 Å². The molecule has 8 heteroatoms. The molecule has 2 N–H and O–H groups in total. The lowest BCUT2D eigenvalue weighted by Crippen LogP contribution is -2.32. The molecule has 3 heterocycles. The van der Waals surface area contributed by atoms with Crippen LogP contribution in [0.4, 0.5) is 4.79 Å². The van der Waals surface area contributed by atoms with Crippen molar-refractivity contribution in [2.24, 2.45) is 11.8 Å². The van der Waals surface area contributed by atoms with Crippen LogP contribution in [0.15, 0.2) is 6.20 Å². The maximum absolute atomic E-state index is 12.5. The van der Waals surface area contributed by atoms with E-state index in [9.17, 15) is 9.59 Å². The summed E-state index contributed by atoms with van der Waals surface area (Å²) in [5, 5.41) is 16.6. The molecule has 2 aliphatic heterocycles. The molecule has 0 bridgehead atoms. The van der Waals surface area contributed by atoms with Crippen LogP contribution in [0.3, 0.4) is 0 Å². The van der Waals surface area contributed by atoms with Gasteiger partial charge in [-0.1, -0.05) is 0 Å². The molecular formula is C17H25N5O3. The van der Waals surface area contributed by atoms with Gasteiger partial charge < -0.3 is 15.3 Å². The van der Waals surface area contributed by atoms with Gasteiger partial charge in [-0.25, -0.2) is 4.79 Å². The molecule has 2 atom stereocenters. The van der Waals surface area contributed by atoms with Crippen molar-refractivity contribution in [3.8, 4) is 0 Å². The highest BCUT2D eigenvalue weighted by Crippen LogP contribution is 2.32. The van der Waals surface area contributed by atoms with E-state index in [0.717, 1.165) is 38.0 Å². The fraction of sp³-hybridized carbons (Fsp3) is 0.706. The molecule has 136 valence electrons. The number of rotatable bonds is 5. The fourth-order valence-electron chi connectivity index (χ4n) is 4.03. The Balaban J connectivity index is 1.42. The largest absolute Gasteiger partial charge is 0.465 e. The minimum absolute atomic E-state index is 0.0684. The number of likely N-dealkylation sites (tertiary alicyclic amines) is 2. The average molecular weight is 347 g/mol. The molecule has 3 fully saturated rings. The van der Waals surface area contributed by atoms with Crippen molar-refractivity contribution < 1.29 is 14.7 Å². The topological polar surface area (TPSA) is 90.7 Å². The van der Waals surface area contributed by atoms with E-state index in [-0.39, 0.29) is 5.91 Å². The van der Waals surface area contributed by atoms with Crippen LogP contribution < -0.4 is 5.32 Å². The Labute approximate surface area is 146 Å². The highest BCUT2D eigenvalue weighted by molar-refractivity contribution is 5.94. The summed E-state index contributed by atoms with van der Waals surface area (Å²) in [5.41, 5.74) is 1.51.